The van der Waals surface area contributed by atoms with Gasteiger partial charge in [-0.25, -0.2) is 4.79 Å². The van der Waals surface area contributed by atoms with Crippen LogP contribution in [0.25, 0.3) is 0 Å². The van der Waals surface area contributed by atoms with Gasteiger partial charge in [0.2, 0.25) is 11.2 Å². The summed E-state index contributed by atoms with van der Waals surface area (Å²) in [6.07, 6.45) is 1.36. The summed E-state index contributed by atoms with van der Waals surface area (Å²) in [5.74, 6) is -0.500. The molecule has 0 saturated carbocycles. The summed E-state index contributed by atoms with van der Waals surface area (Å²) >= 11 is 5.80. The molecule has 0 spiro atoms. The smallest absolute Gasteiger partial charge is 0.329 e. The van der Waals surface area contributed by atoms with Gasteiger partial charge >= 0.3 is 12.0 Å². The van der Waals surface area contributed by atoms with E-state index < -0.39 is 5.97 Å². The maximum Gasteiger partial charge on any atom is 0.329 e. The molecule has 2 heterocycles. The van der Waals surface area contributed by atoms with E-state index in [0.29, 0.717) is 31.9 Å². The molecule has 0 aromatic carbocycles. The minimum Gasteiger partial charge on any atom is -0.480 e. The van der Waals surface area contributed by atoms with E-state index in [9.17, 15) is 4.79 Å². The first-order valence-electron chi connectivity index (χ1n) is 6.12. The fraction of sp³-hybridized carbons (Fsp3) is 0.636. The molecular weight excluding hydrogens is 288 g/mol. The average molecular weight is 303 g/mol. The maximum atomic E-state index is 10.4. The van der Waals surface area contributed by atoms with Gasteiger partial charge in [0.1, 0.15) is 6.61 Å². The Labute approximate surface area is 120 Å². The van der Waals surface area contributed by atoms with Crippen LogP contribution in [-0.4, -0.2) is 58.9 Å². The number of hydrogen-bond acceptors (Lipinski definition) is 7. The summed E-state index contributed by atoms with van der Waals surface area (Å²) < 4.78 is 10.2. The van der Waals surface area contributed by atoms with Crippen LogP contribution in [0.4, 0.5) is 5.95 Å². The summed E-state index contributed by atoms with van der Waals surface area (Å²) in [5.41, 5.74) is 0. The highest BCUT2D eigenvalue weighted by Crippen LogP contribution is 2.20. The molecule has 9 heteroatoms. The molecule has 1 aliphatic rings. The second-order valence-electron chi connectivity index (χ2n) is 4.28. The third kappa shape index (κ3) is 3.91. The highest BCUT2D eigenvalue weighted by atomic mass is 35.5. The number of aromatic nitrogens is 3. The lowest BCUT2D eigenvalue weighted by molar-refractivity contribution is -0.144. The zero-order valence-corrected chi connectivity index (χ0v) is 11.7. The SMILES string of the molecule is COc1nc(Cl)nc(N2CCC(OCC(=O)O)CC2)n1. The molecule has 1 aromatic rings. The van der Waals surface area contributed by atoms with Crippen LogP contribution in [0.1, 0.15) is 12.8 Å². The lowest BCUT2D eigenvalue weighted by Crippen LogP contribution is -2.38. The first kappa shape index (κ1) is 14.7. The topological polar surface area (TPSA) is 97.7 Å². The van der Waals surface area contributed by atoms with Gasteiger partial charge in [-0.15, -0.1) is 0 Å². The Morgan fingerprint density at radius 2 is 2.10 bits per heavy atom. The van der Waals surface area contributed by atoms with E-state index in [1.165, 1.54) is 7.11 Å². The number of rotatable bonds is 5. The fourth-order valence-electron chi connectivity index (χ4n) is 1.97. The van der Waals surface area contributed by atoms with Crippen LogP contribution in [0, 0.1) is 0 Å². The lowest BCUT2D eigenvalue weighted by atomic mass is 10.1. The summed E-state index contributed by atoms with van der Waals surface area (Å²) in [7, 11) is 1.46. The number of anilines is 1. The van der Waals surface area contributed by atoms with Crippen LogP contribution in [0.15, 0.2) is 0 Å². The predicted octanol–water partition coefficient (Wildman–Crippen LogP) is 0.604. The van der Waals surface area contributed by atoms with E-state index in [1.807, 2.05) is 4.90 Å². The molecule has 0 radical (unpaired) electrons. The van der Waals surface area contributed by atoms with Crippen molar-refractivity contribution in [1.82, 2.24) is 15.0 Å². The summed E-state index contributed by atoms with van der Waals surface area (Å²) in [6, 6.07) is 0.171. The number of hydrogen-bond donors (Lipinski definition) is 1. The second kappa shape index (κ2) is 6.67. The molecule has 2 rings (SSSR count). The molecule has 0 amide bonds. The van der Waals surface area contributed by atoms with Crippen LogP contribution in [-0.2, 0) is 9.53 Å². The minimum atomic E-state index is -0.957. The molecule has 0 aliphatic carbocycles. The van der Waals surface area contributed by atoms with Gasteiger partial charge < -0.3 is 19.5 Å². The normalized spacial score (nSPS) is 16.2. The molecule has 1 aromatic heterocycles. The van der Waals surface area contributed by atoms with Crippen molar-refractivity contribution in [1.29, 1.82) is 0 Å². The van der Waals surface area contributed by atoms with Crippen molar-refractivity contribution >= 4 is 23.5 Å². The zero-order chi connectivity index (χ0) is 14.5. The minimum absolute atomic E-state index is 0.0541. The van der Waals surface area contributed by atoms with Gasteiger partial charge in [0.25, 0.3) is 0 Å². The molecular formula is C11H15ClN4O4. The predicted molar refractivity (Wildman–Crippen MR) is 70.2 cm³/mol. The van der Waals surface area contributed by atoms with Crippen LogP contribution >= 0.6 is 11.6 Å². The fourth-order valence-corrected chi connectivity index (χ4v) is 2.11. The number of ether oxygens (including phenoxy) is 2. The van der Waals surface area contributed by atoms with Gasteiger partial charge in [0, 0.05) is 13.1 Å². The van der Waals surface area contributed by atoms with E-state index in [4.69, 9.17) is 26.2 Å². The molecule has 0 bridgehead atoms. The van der Waals surface area contributed by atoms with Crippen LogP contribution in [0.5, 0.6) is 6.01 Å². The van der Waals surface area contributed by atoms with E-state index in [0.717, 1.165) is 0 Å². The number of carbonyl (C=O) groups is 1. The van der Waals surface area contributed by atoms with E-state index in [-0.39, 0.29) is 24.0 Å². The Bertz CT molecular complexity index is 479. The van der Waals surface area contributed by atoms with Crippen LogP contribution in [0.2, 0.25) is 5.28 Å². The average Bonchev–Trinajstić information content (AvgIpc) is 2.45. The molecule has 20 heavy (non-hydrogen) atoms. The number of piperidine rings is 1. The third-order valence-electron chi connectivity index (χ3n) is 2.93. The van der Waals surface area contributed by atoms with Crippen molar-refractivity contribution < 1.29 is 19.4 Å². The summed E-state index contributed by atoms with van der Waals surface area (Å²) in [6.45, 7) is 1.05. The Morgan fingerprint density at radius 1 is 1.40 bits per heavy atom. The van der Waals surface area contributed by atoms with Crippen molar-refractivity contribution in [3.63, 3.8) is 0 Å². The van der Waals surface area contributed by atoms with Gasteiger partial charge in [-0.1, -0.05) is 0 Å². The van der Waals surface area contributed by atoms with Crippen molar-refractivity contribution in [2.75, 3.05) is 31.7 Å². The number of nitrogens with zero attached hydrogens (tertiary/aromatic N) is 4. The first-order chi connectivity index (χ1) is 9.58. The molecule has 0 atom stereocenters. The molecule has 110 valence electrons. The van der Waals surface area contributed by atoms with Crippen LogP contribution < -0.4 is 9.64 Å². The van der Waals surface area contributed by atoms with Crippen LogP contribution in [0.3, 0.4) is 0 Å². The number of aliphatic carboxylic acids is 1. The Balaban J connectivity index is 1.93. The number of halogens is 1. The Kier molecular flexibility index (Phi) is 4.91. The molecule has 8 nitrogen and oxygen atoms in total. The van der Waals surface area contributed by atoms with Crippen molar-refractivity contribution in [2.45, 2.75) is 18.9 Å². The molecule has 1 aliphatic heterocycles. The Hall–Kier alpha value is -1.67. The third-order valence-corrected chi connectivity index (χ3v) is 3.09. The van der Waals surface area contributed by atoms with Gasteiger partial charge in [-0.2, -0.15) is 15.0 Å². The maximum absolute atomic E-state index is 10.4. The molecule has 1 saturated heterocycles. The number of methoxy groups -OCH3 is 1. The molecule has 1 fully saturated rings. The molecule has 1 N–H and O–H groups in total. The Morgan fingerprint density at radius 3 is 2.70 bits per heavy atom. The van der Waals surface area contributed by atoms with E-state index in [1.54, 1.807) is 0 Å². The van der Waals surface area contributed by atoms with Gasteiger partial charge in [-0.05, 0) is 24.4 Å². The van der Waals surface area contributed by atoms with Gasteiger partial charge in [0.15, 0.2) is 0 Å². The van der Waals surface area contributed by atoms with E-state index in [2.05, 4.69) is 15.0 Å². The standard InChI is InChI=1S/C11H15ClN4O4/c1-19-11-14-9(12)13-10(15-11)16-4-2-7(3-5-16)20-6-8(17)18/h7H,2-6H2,1H3,(H,17,18). The van der Waals surface area contributed by atoms with E-state index >= 15 is 0 Å². The van der Waals surface area contributed by atoms with Crippen molar-refractivity contribution in [3.05, 3.63) is 5.28 Å². The molecule has 0 unspecified atom stereocenters. The van der Waals surface area contributed by atoms with Gasteiger partial charge in [-0.3, -0.25) is 0 Å². The monoisotopic (exact) mass is 302 g/mol. The first-order valence-corrected chi connectivity index (χ1v) is 6.50. The highest BCUT2D eigenvalue weighted by molar-refractivity contribution is 6.28. The van der Waals surface area contributed by atoms with Gasteiger partial charge in [0.05, 0.1) is 13.2 Å². The number of carboxylic acids is 1. The summed E-state index contributed by atoms with van der Waals surface area (Å²) in [4.78, 5) is 24.4. The number of carboxylic acid groups (broad SMARTS) is 1. The van der Waals surface area contributed by atoms with Crippen molar-refractivity contribution in [3.8, 4) is 6.01 Å². The highest BCUT2D eigenvalue weighted by Gasteiger charge is 2.23. The summed E-state index contributed by atoms with van der Waals surface area (Å²) in [5, 5.41) is 8.65. The second-order valence-corrected chi connectivity index (χ2v) is 4.62. The largest absolute Gasteiger partial charge is 0.480 e. The quantitative estimate of drug-likeness (QED) is 0.844. The van der Waals surface area contributed by atoms with Crippen molar-refractivity contribution in [2.24, 2.45) is 0 Å². The lowest BCUT2D eigenvalue weighted by Gasteiger charge is -2.31. The zero-order valence-electron chi connectivity index (χ0n) is 11.0.